The smallest absolute Gasteiger partial charge is 0.237 e. The molecule has 5 heterocycles. The first-order valence-corrected chi connectivity index (χ1v) is 17.6. The summed E-state index contributed by atoms with van der Waals surface area (Å²) in [5, 5.41) is 8.61. The van der Waals surface area contributed by atoms with Gasteiger partial charge in [-0.2, -0.15) is 5.10 Å². The van der Waals surface area contributed by atoms with E-state index in [2.05, 4.69) is 54.9 Å². The summed E-state index contributed by atoms with van der Waals surface area (Å²) in [5.41, 5.74) is 6.27. The highest BCUT2D eigenvalue weighted by Gasteiger charge is 2.51. The molecule has 1 N–H and O–H groups in total. The van der Waals surface area contributed by atoms with E-state index < -0.39 is 5.41 Å². The average molecular weight is 687 g/mol. The maximum Gasteiger partial charge on any atom is 0.237 e. The van der Waals surface area contributed by atoms with Crippen LogP contribution in [0, 0.1) is 5.41 Å². The summed E-state index contributed by atoms with van der Waals surface area (Å²) >= 11 is 0. The number of anilines is 1. The summed E-state index contributed by atoms with van der Waals surface area (Å²) in [6, 6.07) is 18.0. The van der Waals surface area contributed by atoms with Gasteiger partial charge in [0.2, 0.25) is 17.7 Å². The Morgan fingerprint density at radius 1 is 1.10 bits per heavy atom. The monoisotopic (exact) mass is 686 g/mol. The number of aliphatic imine (C=N–C) groups is 2. The van der Waals surface area contributed by atoms with Crippen LogP contribution < -0.4 is 9.64 Å². The van der Waals surface area contributed by atoms with E-state index in [0.29, 0.717) is 44.4 Å². The fourth-order valence-electron chi connectivity index (χ4n) is 7.43. The van der Waals surface area contributed by atoms with Gasteiger partial charge in [-0.1, -0.05) is 43.0 Å². The van der Waals surface area contributed by atoms with Crippen molar-refractivity contribution in [3.05, 3.63) is 90.7 Å². The Morgan fingerprint density at radius 2 is 1.90 bits per heavy atom. The van der Waals surface area contributed by atoms with E-state index in [4.69, 9.17) is 4.74 Å². The zero-order valence-corrected chi connectivity index (χ0v) is 29.5. The molecule has 3 aliphatic rings. The topological polar surface area (TPSA) is 119 Å². The van der Waals surface area contributed by atoms with Crippen molar-refractivity contribution in [1.29, 1.82) is 0 Å². The van der Waals surface area contributed by atoms with Crippen molar-refractivity contribution in [3.8, 4) is 17.1 Å². The lowest BCUT2D eigenvalue weighted by Crippen LogP contribution is -2.43. The second-order valence-corrected chi connectivity index (χ2v) is 13.8. The number of pyridine rings is 1. The first-order valence-electron chi connectivity index (χ1n) is 17.6. The molecule has 0 unspecified atom stereocenters. The molecule has 2 fully saturated rings. The van der Waals surface area contributed by atoms with E-state index in [-0.39, 0.29) is 19.3 Å². The number of hydrogen-bond acceptors (Lipinski definition) is 7. The molecule has 264 valence electrons. The van der Waals surface area contributed by atoms with Crippen molar-refractivity contribution in [1.82, 2.24) is 25.0 Å². The molecule has 1 spiro atoms. The molecule has 1 atom stereocenters. The van der Waals surface area contributed by atoms with E-state index in [1.54, 1.807) is 25.5 Å². The summed E-state index contributed by atoms with van der Waals surface area (Å²) in [7, 11) is 1.73. The maximum atomic E-state index is 14.0. The lowest BCUT2D eigenvalue weighted by Gasteiger charge is -2.29. The number of aromatic amines is 1. The van der Waals surface area contributed by atoms with Gasteiger partial charge in [0.05, 0.1) is 23.6 Å². The van der Waals surface area contributed by atoms with Crippen LogP contribution >= 0.6 is 0 Å². The van der Waals surface area contributed by atoms with Gasteiger partial charge in [0.15, 0.2) is 5.84 Å². The number of amidine groups is 1. The zero-order chi connectivity index (χ0) is 35.5. The normalized spacial score (nSPS) is 20.0. The molecule has 2 saturated heterocycles. The third-order valence-corrected chi connectivity index (χ3v) is 10.1. The molecule has 2 aromatic carbocycles. The Morgan fingerprint density at radius 3 is 2.61 bits per heavy atom. The minimum atomic E-state index is -0.467. The maximum absolute atomic E-state index is 14.0. The van der Waals surface area contributed by atoms with Crippen LogP contribution in [0.1, 0.15) is 45.7 Å². The Hall–Kier alpha value is -5.42. The molecule has 2 amide bonds. The van der Waals surface area contributed by atoms with Gasteiger partial charge in [0.1, 0.15) is 5.69 Å². The molecule has 11 heteroatoms. The summed E-state index contributed by atoms with van der Waals surface area (Å²) in [6.45, 7) is 11.2. The SMILES string of the molecule is C=CC=NC(=NC)c1ccc(C2=CCN(C(=O)CN3CC[C@]4(CCN(c5ccc6[nH]nc(-c7ccc(OC(C)C)nc7)c6c5)C4=O)C3)CC2)cc1.[HH]. The van der Waals surface area contributed by atoms with Crippen molar-refractivity contribution in [2.45, 2.75) is 39.2 Å². The molecule has 51 heavy (non-hydrogen) atoms. The second kappa shape index (κ2) is 14.4. The predicted molar refractivity (Wildman–Crippen MR) is 204 cm³/mol. The quantitative estimate of drug-likeness (QED) is 0.170. The van der Waals surface area contributed by atoms with Gasteiger partial charge >= 0.3 is 0 Å². The third kappa shape index (κ3) is 6.98. The van der Waals surface area contributed by atoms with Crippen LogP contribution in [0.4, 0.5) is 5.69 Å². The predicted octanol–water partition coefficient (Wildman–Crippen LogP) is 6.04. The summed E-state index contributed by atoms with van der Waals surface area (Å²) in [5.74, 6) is 1.48. The largest absolute Gasteiger partial charge is 0.475 e. The number of carbonyl (C=O) groups excluding carboxylic acids is 2. The van der Waals surface area contributed by atoms with Crippen LogP contribution in [0.15, 0.2) is 89.5 Å². The first kappa shape index (κ1) is 34.0. The number of allylic oxidation sites excluding steroid dienone is 1. The summed E-state index contributed by atoms with van der Waals surface area (Å²) in [6.07, 6.45) is 9.56. The number of amides is 2. The number of nitrogens with one attached hydrogen (secondary N) is 1. The number of benzene rings is 2. The first-order chi connectivity index (χ1) is 24.8. The molecular weight excluding hydrogens is 640 g/mol. The van der Waals surface area contributed by atoms with E-state index in [1.165, 1.54) is 5.57 Å². The van der Waals surface area contributed by atoms with Crippen molar-refractivity contribution in [2.24, 2.45) is 15.4 Å². The van der Waals surface area contributed by atoms with Gasteiger partial charge in [-0.3, -0.25) is 24.6 Å². The van der Waals surface area contributed by atoms with Crippen molar-refractivity contribution in [2.75, 3.05) is 51.2 Å². The molecular formula is C40H46N8O3. The van der Waals surface area contributed by atoms with E-state index in [0.717, 1.165) is 64.8 Å². The number of rotatable bonds is 9. The number of aromatic nitrogens is 3. The van der Waals surface area contributed by atoms with E-state index in [1.807, 2.05) is 66.1 Å². The van der Waals surface area contributed by atoms with Crippen LogP contribution in [0.3, 0.4) is 0 Å². The van der Waals surface area contributed by atoms with Crippen LogP contribution in [0.2, 0.25) is 0 Å². The average Bonchev–Trinajstić information content (AvgIpc) is 3.85. The number of H-pyrrole nitrogens is 1. The molecule has 0 aliphatic carbocycles. The Balaban J connectivity index is 0.00000464. The third-order valence-electron chi connectivity index (χ3n) is 10.1. The van der Waals surface area contributed by atoms with Crippen LogP contribution in [0.5, 0.6) is 5.88 Å². The minimum absolute atomic E-state index is 0. The van der Waals surface area contributed by atoms with Crippen LogP contribution in [-0.2, 0) is 9.59 Å². The fourth-order valence-corrected chi connectivity index (χ4v) is 7.43. The van der Waals surface area contributed by atoms with Gasteiger partial charge in [0, 0.05) is 75.3 Å². The zero-order valence-electron chi connectivity index (χ0n) is 29.5. The lowest BCUT2D eigenvalue weighted by atomic mass is 9.85. The van der Waals surface area contributed by atoms with Crippen LogP contribution in [-0.4, -0.2) is 101 Å². The lowest BCUT2D eigenvalue weighted by molar-refractivity contribution is -0.132. The van der Waals surface area contributed by atoms with Gasteiger partial charge in [-0.25, -0.2) is 9.98 Å². The van der Waals surface area contributed by atoms with Gasteiger partial charge < -0.3 is 14.5 Å². The molecule has 7 rings (SSSR count). The number of likely N-dealkylation sites (tertiary alicyclic amines) is 1. The molecule has 11 nitrogen and oxygen atoms in total. The number of carbonyl (C=O) groups is 2. The number of hydrogen-bond donors (Lipinski definition) is 1. The summed E-state index contributed by atoms with van der Waals surface area (Å²) in [4.78, 5) is 46.5. The molecule has 4 aromatic rings. The standard InChI is InChI=1S/C40H44N8O3.H2/c1-5-18-42-38(41-4)30-8-6-28(7-9-30)29-14-19-47(20-15-29)36(49)25-46-21-16-40(26-46)17-22-48(39(40)50)32-11-12-34-33(23-32)37(45-44-34)31-10-13-35(43-24-31)51-27(2)3;/h5-14,18,23-24,27H,1,15-17,19-22,25-26H2,2-4H3,(H,44,45);1H/t40-;/m0./s1. The molecule has 0 radical (unpaired) electrons. The molecule has 0 bridgehead atoms. The van der Waals surface area contributed by atoms with Crippen molar-refractivity contribution in [3.63, 3.8) is 0 Å². The number of nitrogens with zero attached hydrogens (tertiary/aromatic N) is 7. The van der Waals surface area contributed by atoms with E-state index in [9.17, 15) is 9.59 Å². The molecule has 2 aromatic heterocycles. The molecule has 0 saturated carbocycles. The second-order valence-electron chi connectivity index (χ2n) is 13.8. The van der Waals surface area contributed by atoms with Crippen molar-refractivity contribution < 1.29 is 15.8 Å². The van der Waals surface area contributed by atoms with Gasteiger partial charge in [-0.05, 0) is 75.1 Å². The minimum Gasteiger partial charge on any atom is -0.475 e. The highest BCUT2D eigenvalue weighted by molar-refractivity contribution is 6.04. The highest BCUT2D eigenvalue weighted by Crippen LogP contribution is 2.43. The summed E-state index contributed by atoms with van der Waals surface area (Å²) < 4.78 is 5.70. The Labute approximate surface area is 299 Å². The van der Waals surface area contributed by atoms with Gasteiger partial charge in [0.25, 0.3) is 0 Å². The number of fused-ring (bicyclic) bond motifs is 1. The highest BCUT2D eigenvalue weighted by atomic mass is 16.5. The van der Waals surface area contributed by atoms with Crippen molar-refractivity contribution >= 4 is 46.0 Å². The molecule has 3 aliphatic heterocycles. The number of ether oxygens (including phenoxy) is 1. The van der Waals surface area contributed by atoms with Crippen LogP contribution in [0.25, 0.3) is 27.7 Å². The van der Waals surface area contributed by atoms with E-state index >= 15 is 0 Å². The fraction of sp³-hybridized carbons (Fsp3) is 0.350. The Kier molecular flexibility index (Phi) is 9.64. The van der Waals surface area contributed by atoms with Gasteiger partial charge in [-0.15, -0.1) is 0 Å². The Bertz CT molecular complexity index is 2040.